The molecule has 0 spiro atoms. The molecule has 1 aliphatic heterocycles. The number of fused-ring (bicyclic) bond motifs is 1. The van der Waals surface area contributed by atoms with Gasteiger partial charge in [0.05, 0.1) is 18.0 Å². The Morgan fingerprint density at radius 2 is 2.44 bits per heavy atom. The van der Waals surface area contributed by atoms with Crippen LogP contribution in [-0.4, -0.2) is 27.7 Å². The first-order valence-corrected chi connectivity index (χ1v) is 6.74. The molecule has 1 saturated heterocycles. The maximum absolute atomic E-state index is 6.03. The molecule has 0 saturated carbocycles. The van der Waals surface area contributed by atoms with E-state index in [-0.39, 0.29) is 5.54 Å². The van der Waals surface area contributed by atoms with Gasteiger partial charge in [-0.05, 0) is 31.9 Å². The Bertz CT molecular complexity index is 560. The van der Waals surface area contributed by atoms with E-state index >= 15 is 0 Å². The Morgan fingerprint density at radius 3 is 3.17 bits per heavy atom. The van der Waals surface area contributed by atoms with Gasteiger partial charge < -0.3 is 9.30 Å². The van der Waals surface area contributed by atoms with E-state index < -0.39 is 0 Å². The maximum Gasteiger partial charge on any atom is 0.160 e. The highest BCUT2D eigenvalue weighted by molar-refractivity contribution is 6.16. The fraction of sp³-hybridized carbons (Fsp3) is 0.538. The predicted molar refractivity (Wildman–Crippen MR) is 70.8 cm³/mol. The van der Waals surface area contributed by atoms with Gasteiger partial charge in [-0.25, -0.2) is 9.97 Å². The summed E-state index contributed by atoms with van der Waals surface area (Å²) in [5, 5.41) is 0. The van der Waals surface area contributed by atoms with Crippen LogP contribution in [0.2, 0.25) is 0 Å². The third-order valence-corrected chi connectivity index (χ3v) is 3.80. The summed E-state index contributed by atoms with van der Waals surface area (Å²) >= 11 is 6.03. The summed E-state index contributed by atoms with van der Waals surface area (Å²) in [6, 6.07) is 3.87. The number of pyridine rings is 1. The molecule has 3 heterocycles. The second kappa shape index (κ2) is 4.52. The molecule has 0 aromatic carbocycles. The van der Waals surface area contributed by atoms with Gasteiger partial charge in [0, 0.05) is 12.8 Å². The van der Waals surface area contributed by atoms with E-state index in [0.717, 1.165) is 36.4 Å². The van der Waals surface area contributed by atoms with E-state index in [9.17, 15) is 0 Å². The highest BCUT2D eigenvalue weighted by Gasteiger charge is 2.33. The van der Waals surface area contributed by atoms with E-state index in [2.05, 4.69) is 21.5 Å². The summed E-state index contributed by atoms with van der Waals surface area (Å²) in [6.45, 7) is 3.72. The van der Waals surface area contributed by atoms with E-state index in [1.807, 2.05) is 12.1 Å². The number of nitrogens with zero attached hydrogens (tertiary/aromatic N) is 3. The number of alkyl halides is 1. The molecule has 0 radical (unpaired) electrons. The van der Waals surface area contributed by atoms with Gasteiger partial charge in [-0.15, -0.1) is 11.6 Å². The molecular weight excluding hydrogens is 250 g/mol. The summed E-state index contributed by atoms with van der Waals surface area (Å²) < 4.78 is 7.80. The Balaban J connectivity index is 2.19. The van der Waals surface area contributed by atoms with Crippen molar-refractivity contribution in [1.29, 1.82) is 0 Å². The van der Waals surface area contributed by atoms with Crippen molar-refractivity contribution in [2.75, 3.05) is 13.2 Å². The summed E-state index contributed by atoms with van der Waals surface area (Å²) in [7, 11) is 0. The Morgan fingerprint density at radius 1 is 1.56 bits per heavy atom. The van der Waals surface area contributed by atoms with Gasteiger partial charge in [0.2, 0.25) is 0 Å². The van der Waals surface area contributed by atoms with Gasteiger partial charge in [0.1, 0.15) is 11.3 Å². The molecule has 1 aliphatic rings. The van der Waals surface area contributed by atoms with Crippen molar-refractivity contribution in [2.45, 2.75) is 31.2 Å². The number of hydrogen-bond donors (Lipinski definition) is 0. The lowest BCUT2D eigenvalue weighted by atomic mass is 9.94. The van der Waals surface area contributed by atoms with Crippen LogP contribution >= 0.6 is 11.6 Å². The number of rotatable bonds is 2. The lowest BCUT2D eigenvalue weighted by molar-refractivity contribution is 0.0102. The predicted octanol–water partition coefficient (Wildman–Crippen LogP) is 2.70. The van der Waals surface area contributed by atoms with Gasteiger partial charge in [0.25, 0.3) is 0 Å². The van der Waals surface area contributed by atoms with Gasteiger partial charge in [-0.3, -0.25) is 0 Å². The third-order valence-electron chi connectivity index (χ3n) is 3.56. The number of halogens is 1. The zero-order valence-corrected chi connectivity index (χ0v) is 11.2. The molecule has 96 valence electrons. The second-order valence-electron chi connectivity index (χ2n) is 5.00. The number of ether oxygens (including phenoxy) is 1. The average Bonchev–Trinajstić information content (AvgIpc) is 2.78. The third kappa shape index (κ3) is 1.80. The minimum atomic E-state index is -0.0917. The minimum Gasteiger partial charge on any atom is -0.379 e. The topological polar surface area (TPSA) is 39.9 Å². The summed E-state index contributed by atoms with van der Waals surface area (Å²) in [5.74, 6) is 1.27. The van der Waals surface area contributed by atoms with Crippen LogP contribution in [0.5, 0.6) is 0 Å². The van der Waals surface area contributed by atoms with Gasteiger partial charge >= 0.3 is 0 Å². The number of hydrogen-bond acceptors (Lipinski definition) is 3. The average molecular weight is 266 g/mol. The molecule has 1 unspecified atom stereocenters. The minimum absolute atomic E-state index is 0.0917. The van der Waals surface area contributed by atoms with Gasteiger partial charge in [-0.2, -0.15) is 0 Å². The van der Waals surface area contributed by atoms with E-state index in [1.165, 1.54) is 0 Å². The molecule has 0 aliphatic carbocycles. The van der Waals surface area contributed by atoms with Crippen LogP contribution < -0.4 is 0 Å². The zero-order chi connectivity index (χ0) is 12.6. The van der Waals surface area contributed by atoms with Crippen LogP contribution in [0.3, 0.4) is 0 Å². The molecule has 4 nitrogen and oxygen atoms in total. The molecule has 2 aromatic rings. The lowest BCUT2D eigenvalue weighted by Crippen LogP contribution is -2.40. The Labute approximate surface area is 111 Å². The molecule has 3 rings (SSSR count). The molecule has 18 heavy (non-hydrogen) atoms. The maximum atomic E-state index is 6.03. The van der Waals surface area contributed by atoms with Crippen LogP contribution in [0.15, 0.2) is 18.3 Å². The van der Waals surface area contributed by atoms with Crippen molar-refractivity contribution >= 4 is 22.8 Å². The van der Waals surface area contributed by atoms with E-state index in [0.29, 0.717) is 12.5 Å². The normalized spacial score (nSPS) is 24.6. The standard InChI is InChI=1S/C13H16ClN3O/c1-13(5-3-7-18-9-13)17-11(8-14)16-10-4-2-6-15-12(10)17/h2,4,6H,3,5,7-9H2,1H3. The van der Waals surface area contributed by atoms with Crippen molar-refractivity contribution in [3.8, 4) is 0 Å². The summed E-state index contributed by atoms with van der Waals surface area (Å²) in [5.41, 5.74) is 1.71. The van der Waals surface area contributed by atoms with Crippen molar-refractivity contribution < 1.29 is 4.74 Å². The first-order chi connectivity index (χ1) is 8.74. The first kappa shape index (κ1) is 11.9. The summed E-state index contributed by atoms with van der Waals surface area (Å²) in [6.07, 6.45) is 3.93. The van der Waals surface area contributed by atoms with E-state index in [4.69, 9.17) is 16.3 Å². The summed E-state index contributed by atoms with van der Waals surface area (Å²) in [4.78, 5) is 9.02. The van der Waals surface area contributed by atoms with Crippen molar-refractivity contribution in [3.05, 3.63) is 24.2 Å². The van der Waals surface area contributed by atoms with Crippen molar-refractivity contribution in [1.82, 2.24) is 14.5 Å². The van der Waals surface area contributed by atoms with Crippen LogP contribution in [0.1, 0.15) is 25.6 Å². The van der Waals surface area contributed by atoms with Gasteiger partial charge in [0.15, 0.2) is 5.65 Å². The fourth-order valence-electron chi connectivity index (χ4n) is 2.71. The molecule has 0 amide bonds. The zero-order valence-electron chi connectivity index (χ0n) is 10.4. The quantitative estimate of drug-likeness (QED) is 0.784. The van der Waals surface area contributed by atoms with Crippen molar-refractivity contribution in [2.24, 2.45) is 0 Å². The van der Waals surface area contributed by atoms with Crippen LogP contribution in [0.4, 0.5) is 0 Å². The molecule has 2 aromatic heterocycles. The molecule has 0 bridgehead atoms. The second-order valence-corrected chi connectivity index (χ2v) is 5.26. The molecule has 0 N–H and O–H groups in total. The monoisotopic (exact) mass is 265 g/mol. The Hall–Kier alpha value is -1.13. The molecule has 1 fully saturated rings. The van der Waals surface area contributed by atoms with Gasteiger partial charge in [-0.1, -0.05) is 0 Å². The largest absolute Gasteiger partial charge is 0.379 e. The number of aromatic nitrogens is 3. The van der Waals surface area contributed by atoms with E-state index in [1.54, 1.807) is 6.20 Å². The van der Waals surface area contributed by atoms with Crippen molar-refractivity contribution in [3.63, 3.8) is 0 Å². The van der Waals surface area contributed by atoms with Crippen LogP contribution in [0.25, 0.3) is 11.2 Å². The highest BCUT2D eigenvalue weighted by Crippen LogP contribution is 2.32. The molecular formula is C13H16ClN3O. The first-order valence-electron chi connectivity index (χ1n) is 6.21. The number of imidazole rings is 1. The smallest absolute Gasteiger partial charge is 0.160 e. The molecule has 5 heteroatoms. The van der Waals surface area contributed by atoms with Crippen LogP contribution in [-0.2, 0) is 16.2 Å². The SMILES string of the molecule is CC1(n2c(CCl)nc3cccnc32)CCCOC1. The highest BCUT2D eigenvalue weighted by atomic mass is 35.5. The fourth-order valence-corrected chi connectivity index (χ4v) is 2.89. The van der Waals surface area contributed by atoms with Crippen LogP contribution in [0, 0.1) is 0 Å². The molecule has 1 atom stereocenters. The lowest BCUT2D eigenvalue weighted by Gasteiger charge is -2.36. The Kier molecular flexibility index (Phi) is 2.99.